The standard InChI is InChI=1S/C16H14F2O2/c1-10-8-14(18)7-4-12(10)9-15(16(19)20)11-2-5-13(17)6-3-11/h2-8,15H,9H2,1H3,(H,19,20). The van der Waals surface area contributed by atoms with E-state index in [1.807, 2.05) is 0 Å². The Bertz CT molecular complexity index is 621. The van der Waals surface area contributed by atoms with Gasteiger partial charge in [-0.3, -0.25) is 4.79 Å². The normalized spacial score (nSPS) is 12.2. The number of carboxylic acids is 1. The van der Waals surface area contributed by atoms with Crippen LogP contribution in [0.5, 0.6) is 0 Å². The van der Waals surface area contributed by atoms with E-state index in [-0.39, 0.29) is 12.2 Å². The van der Waals surface area contributed by atoms with Crippen molar-refractivity contribution in [1.82, 2.24) is 0 Å². The molecule has 104 valence electrons. The van der Waals surface area contributed by atoms with Crippen molar-refractivity contribution in [2.45, 2.75) is 19.3 Å². The minimum absolute atomic E-state index is 0.243. The maximum absolute atomic E-state index is 13.1. The highest BCUT2D eigenvalue weighted by atomic mass is 19.1. The first kappa shape index (κ1) is 14.2. The fraction of sp³-hybridized carbons (Fsp3) is 0.188. The number of benzene rings is 2. The van der Waals surface area contributed by atoms with Crippen LogP contribution in [-0.2, 0) is 11.2 Å². The minimum Gasteiger partial charge on any atom is -0.481 e. The van der Waals surface area contributed by atoms with Gasteiger partial charge >= 0.3 is 5.97 Å². The number of aliphatic carboxylic acids is 1. The lowest BCUT2D eigenvalue weighted by Gasteiger charge is -2.14. The summed E-state index contributed by atoms with van der Waals surface area (Å²) in [6.45, 7) is 1.74. The van der Waals surface area contributed by atoms with E-state index in [1.165, 1.54) is 36.4 Å². The van der Waals surface area contributed by atoms with Crippen molar-refractivity contribution in [3.63, 3.8) is 0 Å². The molecule has 0 bridgehead atoms. The van der Waals surface area contributed by atoms with Crippen LogP contribution in [0, 0.1) is 18.6 Å². The Morgan fingerprint density at radius 3 is 2.25 bits per heavy atom. The van der Waals surface area contributed by atoms with Gasteiger partial charge in [0.15, 0.2) is 0 Å². The van der Waals surface area contributed by atoms with Crippen LogP contribution in [0.2, 0.25) is 0 Å². The van der Waals surface area contributed by atoms with Crippen LogP contribution in [0.15, 0.2) is 42.5 Å². The summed E-state index contributed by atoms with van der Waals surface area (Å²) in [4.78, 5) is 11.4. The van der Waals surface area contributed by atoms with E-state index in [4.69, 9.17) is 0 Å². The zero-order chi connectivity index (χ0) is 14.7. The molecule has 2 nitrogen and oxygen atoms in total. The maximum Gasteiger partial charge on any atom is 0.311 e. The van der Waals surface area contributed by atoms with Gasteiger partial charge in [-0.2, -0.15) is 0 Å². The molecule has 2 aromatic carbocycles. The van der Waals surface area contributed by atoms with Gasteiger partial charge in [0.25, 0.3) is 0 Å². The first-order chi connectivity index (χ1) is 9.47. The number of hydrogen-bond donors (Lipinski definition) is 1. The van der Waals surface area contributed by atoms with Crippen molar-refractivity contribution in [3.05, 3.63) is 70.8 Å². The second kappa shape index (κ2) is 5.82. The van der Waals surface area contributed by atoms with Crippen LogP contribution in [-0.4, -0.2) is 11.1 Å². The maximum atomic E-state index is 13.1. The molecule has 0 aliphatic heterocycles. The third-order valence-corrected chi connectivity index (χ3v) is 3.30. The van der Waals surface area contributed by atoms with Crippen molar-refractivity contribution in [1.29, 1.82) is 0 Å². The Kier molecular flexibility index (Phi) is 4.13. The Morgan fingerprint density at radius 2 is 1.70 bits per heavy atom. The Balaban J connectivity index is 2.30. The molecule has 0 heterocycles. The molecular weight excluding hydrogens is 262 g/mol. The largest absolute Gasteiger partial charge is 0.481 e. The predicted octanol–water partition coefficient (Wildman–Crippen LogP) is 3.68. The SMILES string of the molecule is Cc1cc(F)ccc1CC(C(=O)O)c1ccc(F)cc1. The van der Waals surface area contributed by atoms with Crippen molar-refractivity contribution in [2.75, 3.05) is 0 Å². The van der Waals surface area contributed by atoms with E-state index in [0.717, 1.165) is 5.56 Å². The minimum atomic E-state index is -0.986. The molecule has 1 N–H and O–H groups in total. The molecule has 0 aliphatic carbocycles. The van der Waals surface area contributed by atoms with Crippen LogP contribution in [0.1, 0.15) is 22.6 Å². The topological polar surface area (TPSA) is 37.3 Å². The predicted molar refractivity (Wildman–Crippen MR) is 71.6 cm³/mol. The highest BCUT2D eigenvalue weighted by Crippen LogP contribution is 2.24. The molecule has 20 heavy (non-hydrogen) atoms. The monoisotopic (exact) mass is 276 g/mol. The molecule has 0 amide bonds. The van der Waals surface area contributed by atoms with E-state index in [0.29, 0.717) is 11.1 Å². The molecule has 4 heteroatoms. The van der Waals surface area contributed by atoms with Crippen LogP contribution >= 0.6 is 0 Å². The quantitative estimate of drug-likeness (QED) is 0.924. The number of halogens is 2. The summed E-state index contributed by atoms with van der Waals surface area (Å²) in [6.07, 6.45) is 0.243. The molecule has 0 spiro atoms. The molecular formula is C16H14F2O2. The Hall–Kier alpha value is -2.23. The summed E-state index contributed by atoms with van der Waals surface area (Å²) in [5.41, 5.74) is 2.00. The van der Waals surface area contributed by atoms with E-state index in [2.05, 4.69) is 0 Å². The summed E-state index contributed by atoms with van der Waals surface area (Å²) in [6, 6.07) is 9.68. The van der Waals surface area contributed by atoms with Crippen LogP contribution < -0.4 is 0 Å². The third kappa shape index (κ3) is 3.20. The number of carbonyl (C=O) groups is 1. The van der Waals surface area contributed by atoms with Gasteiger partial charge in [0, 0.05) is 0 Å². The molecule has 2 aromatic rings. The van der Waals surface area contributed by atoms with E-state index >= 15 is 0 Å². The van der Waals surface area contributed by atoms with Gasteiger partial charge < -0.3 is 5.11 Å². The second-order valence-electron chi connectivity index (χ2n) is 4.72. The molecule has 0 radical (unpaired) electrons. The van der Waals surface area contributed by atoms with Gasteiger partial charge in [-0.05, 0) is 54.3 Å². The van der Waals surface area contributed by atoms with Crippen LogP contribution in [0.4, 0.5) is 8.78 Å². The lowest BCUT2D eigenvalue weighted by molar-refractivity contribution is -0.138. The Labute approximate surface area is 115 Å². The van der Waals surface area contributed by atoms with Gasteiger partial charge in [0.2, 0.25) is 0 Å². The number of rotatable bonds is 4. The first-order valence-corrected chi connectivity index (χ1v) is 6.20. The smallest absolute Gasteiger partial charge is 0.311 e. The van der Waals surface area contributed by atoms with Crippen LogP contribution in [0.25, 0.3) is 0 Å². The molecule has 1 unspecified atom stereocenters. The van der Waals surface area contributed by atoms with Crippen molar-refractivity contribution >= 4 is 5.97 Å². The molecule has 0 aliphatic rings. The summed E-state index contributed by atoms with van der Waals surface area (Å²) in [5.74, 6) is -2.52. The average molecular weight is 276 g/mol. The van der Waals surface area contributed by atoms with Crippen molar-refractivity contribution < 1.29 is 18.7 Å². The highest BCUT2D eigenvalue weighted by molar-refractivity contribution is 5.76. The third-order valence-electron chi connectivity index (χ3n) is 3.30. The van der Waals surface area contributed by atoms with E-state index in [1.54, 1.807) is 13.0 Å². The highest BCUT2D eigenvalue weighted by Gasteiger charge is 2.21. The lowest BCUT2D eigenvalue weighted by atomic mass is 9.90. The molecule has 1 atom stereocenters. The van der Waals surface area contributed by atoms with Gasteiger partial charge in [-0.15, -0.1) is 0 Å². The van der Waals surface area contributed by atoms with Gasteiger partial charge in [-0.1, -0.05) is 18.2 Å². The number of carboxylic acid groups (broad SMARTS) is 1. The molecule has 0 fully saturated rings. The average Bonchev–Trinajstić information content (AvgIpc) is 2.39. The van der Waals surface area contributed by atoms with Gasteiger partial charge in [0.05, 0.1) is 5.92 Å². The number of aryl methyl sites for hydroxylation is 1. The van der Waals surface area contributed by atoms with Gasteiger partial charge in [0.1, 0.15) is 11.6 Å². The second-order valence-corrected chi connectivity index (χ2v) is 4.72. The van der Waals surface area contributed by atoms with Crippen molar-refractivity contribution in [3.8, 4) is 0 Å². The fourth-order valence-electron chi connectivity index (χ4n) is 2.15. The summed E-state index contributed by atoms with van der Waals surface area (Å²) in [7, 11) is 0. The van der Waals surface area contributed by atoms with Gasteiger partial charge in [-0.25, -0.2) is 8.78 Å². The molecule has 0 saturated carbocycles. The number of hydrogen-bond acceptors (Lipinski definition) is 1. The van der Waals surface area contributed by atoms with E-state index < -0.39 is 17.7 Å². The Morgan fingerprint density at radius 1 is 1.10 bits per heavy atom. The zero-order valence-electron chi connectivity index (χ0n) is 10.9. The zero-order valence-corrected chi connectivity index (χ0v) is 10.9. The first-order valence-electron chi connectivity index (χ1n) is 6.20. The summed E-state index contributed by atoms with van der Waals surface area (Å²) >= 11 is 0. The van der Waals surface area contributed by atoms with Crippen molar-refractivity contribution in [2.24, 2.45) is 0 Å². The summed E-state index contributed by atoms with van der Waals surface area (Å²) in [5, 5.41) is 9.33. The fourth-order valence-corrected chi connectivity index (χ4v) is 2.15. The molecule has 0 saturated heterocycles. The van der Waals surface area contributed by atoms with Crippen LogP contribution in [0.3, 0.4) is 0 Å². The van der Waals surface area contributed by atoms with E-state index in [9.17, 15) is 18.7 Å². The lowest BCUT2D eigenvalue weighted by Crippen LogP contribution is -2.15. The molecule has 0 aromatic heterocycles. The summed E-state index contributed by atoms with van der Waals surface area (Å²) < 4.78 is 26.0. The molecule has 2 rings (SSSR count).